The van der Waals surface area contributed by atoms with Crippen LogP contribution in [-0.2, 0) is 9.59 Å². The lowest BCUT2D eigenvalue weighted by Crippen LogP contribution is -2.43. The molecule has 0 saturated heterocycles. The average molecular weight is 456 g/mol. The molecular formula is C24H23BrFNO2. The normalized spacial score (nSPS) is 21.4. The van der Waals surface area contributed by atoms with Gasteiger partial charge >= 0.3 is 0 Å². The molecule has 150 valence electrons. The van der Waals surface area contributed by atoms with E-state index in [0.29, 0.717) is 24.0 Å². The van der Waals surface area contributed by atoms with E-state index in [1.807, 2.05) is 45.0 Å². The van der Waals surface area contributed by atoms with E-state index in [2.05, 4.69) is 15.9 Å². The number of aryl methyl sites for hydroxylation is 1. The maximum absolute atomic E-state index is 14.7. The first-order valence-corrected chi connectivity index (χ1v) is 10.6. The second-order valence-corrected chi connectivity index (χ2v) is 9.70. The minimum absolute atomic E-state index is 0.00485. The predicted molar refractivity (Wildman–Crippen MR) is 115 cm³/mol. The maximum Gasteiger partial charge on any atom is 0.232 e. The lowest BCUT2D eigenvalue weighted by molar-refractivity contribution is -0.121. The third-order valence-electron chi connectivity index (χ3n) is 5.77. The van der Waals surface area contributed by atoms with Crippen molar-refractivity contribution in [1.29, 1.82) is 0 Å². The standard InChI is InChI=1S/C24H23BrFNO2/c1-14-4-7-16(8-5-14)27-20-12-24(2,3)13-21(28)23(20)18(11-22(27)29)17-10-15(25)6-9-19(17)26/h4-10,18H,11-13H2,1-3H3. The molecule has 0 fully saturated rings. The third-order valence-corrected chi connectivity index (χ3v) is 6.26. The number of carbonyl (C=O) groups excluding carboxylic acids is 2. The number of rotatable bonds is 2. The number of halogens is 2. The molecule has 1 aliphatic carbocycles. The van der Waals surface area contributed by atoms with Crippen molar-refractivity contribution in [3.8, 4) is 0 Å². The van der Waals surface area contributed by atoms with Crippen molar-refractivity contribution in [2.45, 2.75) is 46.0 Å². The van der Waals surface area contributed by atoms with Gasteiger partial charge in [-0.2, -0.15) is 0 Å². The minimum atomic E-state index is -0.555. The van der Waals surface area contributed by atoms with Crippen LogP contribution in [0.4, 0.5) is 10.1 Å². The summed E-state index contributed by atoms with van der Waals surface area (Å²) in [7, 11) is 0. The summed E-state index contributed by atoms with van der Waals surface area (Å²) in [6, 6.07) is 12.4. The average Bonchev–Trinajstić information content (AvgIpc) is 2.63. The monoisotopic (exact) mass is 455 g/mol. The molecule has 0 spiro atoms. The molecule has 5 heteroatoms. The first-order chi connectivity index (χ1) is 13.7. The number of carbonyl (C=O) groups is 2. The van der Waals surface area contributed by atoms with Gasteiger partial charge in [0.05, 0.1) is 0 Å². The van der Waals surface area contributed by atoms with Crippen molar-refractivity contribution in [2.24, 2.45) is 5.41 Å². The topological polar surface area (TPSA) is 37.4 Å². The van der Waals surface area contributed by atoms with Gasteiger partial charge in [-0.15, -0.1) is 0 Å². The first kappa shape index (κ1) is 20.0. The molecule has 2 aromatic rings. The molecule has 1 heterocycles. The van der Waals surface area contributed by atoms with Gasteiger partial charge in [0.15, 0.2) is 5.78 Å². The van der Waals surface area contributed by atoms with E-state index >= 15 is 0 Å². The number of anilines is 1. The van der Waals surface area contributed by atoms with Crippen LogP contribution in [0.25, 0.3) is 0 Å². The predicted octanol–water partition coefficient (Wildman–Crippen LogP) is 6.06. The van der Waals surface area contributed by atoms with Gasteiger partial charge in [-0.3, -0.25) is 14.5 Å². The molecule has 2 aromatic carbocycles. The van der Waals surface area contributed by atoms with Crippen LogP contribution in [0.5, 0.6) is 0 Å². The Kier molecular flexibility index (Phi) is 4.97. The Labute approximate surface area is 178 Å². The Hall–Kier alpha value is -2.27. The van der Waals surface area contributed by atoms with E-state index in [1.165, 1.54) is 6.07 Å². The zero-order valence-electron chi connectivity index (χ0n) is 16.8. The quantitative estimate of drug-likeness (QED) is 0.551. The van der Waals surface area contributed by atoms with Crippen LogP contribution in [0.15, 0.2) is 58.2 Å². The summed E-state index contributed by atoms with van der Waals surface area (Å²) in [5.41, 5.74) is 3.30. The van der Waals surface area contributed by atoms with Crippen LogP contribution >= 0.6 is 15.9 Å². The van der Waals surface area contributed by atoms with Crippen LogP contribution in [0.2, 0.25) is 0 Å². The molecule has 0 radical (unpaired) electrons. The molecule has 1 unspecified atom stereocenters. The summed E-state index contributed by atoms with van der Waals surface area (Å²) in [5.74, 6) is -1.05. The maximum atomic E-state index is 14.7. The van der Waals surface area contributed by atoms with Gasteiger partial charge in [-0.05, 0) is 54.7 Å². The van der Waals surface area contributed by atoms with Crippen LogP contribution in [-0.4, -0.2) is 11.7 Å². The van der Waals surface area contributed by atoms with Crippen LogP contribution in [0.1, 0.15) is 50.2 Å². The highest BCUT2D eigenvalue weighted by Crippen LogP contribution is 2.48. The highest BCUT2D eigenvalue weighted by atomic mass is 79.9. The van der Waals surface area contributed by atoms with E-state index in [9.17, 15) is 14.0 Å². The SMILES string of the molecule is Cc1ccc(N2C(=O)CC(c3cc(Br)ccc3F)C3=C2CC(C)(C)CC3=O)cc1. The Morgan fingerprint density at radius 1 is 1.07 bits per heavy atom. The second-order valence-electron chi connectivity index (χ2n) is 8.79. The van der Waals surface area contributed by atoms with E-state index < -0.39 is 5.92 Å². The van der Waals surface area contributed by atoms with Crippen molar-refractivity contribution in [1.82, 2.24) is 0 Å². The van der Waals surface area contributed by atoms with Crippen molar-refractivity contribution < 1.29 is 14.0 Å². The molecule has 1 atom stereocenters. The number of ketones is 1. The van der Waals surface area contributed by atoms with Gasteiger partial charge in [0.2, 0.25) is 5.91 Å². The summed E-state index contributed by atoms with van der Waals surface area (Å²) in [4.78, 5) is 28.2. The van der Waals surface area contributed by atoms with Crippen LogP contribution < -0.4 is 4.90 Å². The fourth-order valence-corrected chi connectivity index (χ4v) is 4.83. The molecular weight excluding hydrogens is 433 g/mol. The van der Waals surface area contributed by atoms with Crippen molar-refractivity contribution >= 4 is 33.3 Å². The highest BCUT2D eigenvalue weighted by molar-refractivity contribution is 9.10. The second kappa shape index (κ2) is 7.21. The Morgan fingerprint density at radius 2 is 1.76 bits per heavy atom. The summed E-state index contributed by atoms with van der Waals surface area (Å²) in [6.07, 6.45) is 1.07. The summed E-state index contributed by atoms with van der Waals surface area (Å²) >= 11 is 3.39. The number of nitrogens with zero attached hydrogens (tertiary/aromatic N) is 1. The summed E-state index contributed by atoms with van der Waals surface area (Å²) in [6.45, 7) is 6.07. The number of allylic oxidation sites excluding steroid dienone is 2. The Bertz CT molecular complexity index is 1040. The van der Waals surface area contributed by atoms with Crippen molar-refractivity contribution in [3.63, 3.8) is 0 Å². The molecule has 1 aliphatic heterocycles. The van der Waals surface area contributed by atoms with Gasteiger partial charge in [0.25, 0.3) is 0 Å². The fraction of sp³-hybridized carbons (Fsp3) is 0.333. The molecule has 0 aromatic heterocycles. The van der Waals surface area contributed by atoms with Gasteiger partial charge in [0.1, 0.15) is 5.82 Å². The number of hydrogen-bond acceptors (Lipinski definition) is 2. The molecule has 0 saturated carbocycles. The van der Waals surface area contributed by atoms with Gasteiger partial charge in [-0.25, -0.2) is 4.39 Å². The zero-order valence-corrected chi connectivity index (χ0v) is 18.3. The lowest BCUT2D eigenvalue weighted by Gasteiger charge is -2.43. The van der Waals surface area contributed by atoms with Gasteiger partial charge in [0, 0.05) is 40.2 Å². The third kappa shape index (κ3) is 3.68. The number of amides is 1. The summed E-state index contributed by atoms with van der Waals surface area (Å²) < 4.78 is 15.4. The fourth-order valence-electron chi connectivity index (χ4n) is 4.46. The van der Waals surface area contributed by atoms with Crippen LogP contribution in [0, 0.1) is 18.2 Å². The van der Waals surface area contributed by atoms with Crippen LogP contribution in [0.3, 0.4) is 0 Å². The van der Waals surface area contributed by atoms with Crippen molar-refractivity contribution in [2.75, 3.05) is 4.90 Å². The van der Waals surface area contributed by atoms with E-state index in [-0.39, 0.29) is 29.3 Å². The van der Waals surface area contributed by atoms with E-state index in [1.54, 1.807) is 17.0 Å². The van der Waals surface area contributed by atoms with Gasteiger partial charge in [-0.1, -0.05) is 47.5 Å². The molecule has 0 bridgehead atoms. The largest absolute Gasteiger partial charge is 0.294 e. The molecule has 0 N–H and O–H groups in total. The highest BCUT2D eigenvalue weighted by Gasteiger charge is 2.44. The molecule has 29 heavy (non-hydrogen) atoms. The first-order valence-electron chi connectivity index (χ1n) is 9.77. The molecule has 3 nitrogen and oxygen atoms in total. The van der Waals surface area contributed by atoms with E-state index in [4.69, 9.17) is 0 Å². The summed E-state index contributed by atoms with van der Waals surface area (Å²) in [5, 5.41) is 0. The molecule has 1 amide bonds. The number of benzene rings is 2. The zero-order chi connectivity index (χ0) is 20.9. The Balaban J connectivity index is 1.92. The lowest BCUT2D eigenvalue weighted by atomic mass is 9.69. The Morgan fingerprint density at radius 3 is 2.45 bits per heavy atom. The van der Waals surface area contributed by atoms with Gasteiger partial charge < -0.3 is 0 Å². The number of hydrogen-bond donors (Lipinski definition) is 0. The van der Waals surface area contributed by atoms with E-state index in [0.717, 1.165) is 21.4 Å². The molecule has 4 rings (SSSR count). The number of Topliss-reactive ketones (excluding diaryl/α,β-unsaturated/α-hetero) is 1. The smallest absolute Gasteiger partial charge is 0.232 e. The minimum Gasteiger partial charge on any atom is -0.294 e. The van der Waals surface area contributed by atoms with Crippen molar-refractivity contribution in [3.05, 3.63) is 75.2 Å². The molecule has 2 aliphatic rings.